The Balaban J connectivity index is 0.000000212. The molecule has 1 heterocycles. The molecule has 0 fully saturated rings. The number of likely N-dealkylation sites (N-methyl/N-ethyl adjacent to an activating group) is 1. The van der Waals surface area contributed by atoms with E-state index in [0.29, 0.717) is 45.5 Å². The van der Waals surface area contributed by atoms with Crippen molar-refractivity contribution in [1.82, 2.24) is 10.2 Å². The minimum absolute atomic E-state index is 0. The second-order valence-electron chi connectivity index (χ2n) is 9.82. The minimum Gasteiger partial charge on any atom is -1.00 e. The molecule has 0 saturated carbocycles. The van der Waals surface area contributed by atoms with E-state index in [-0.39, 0.29) is 41.4 Å². The molecule has 7 nitrogen and oxygen atoms in total. The van der Waals surface area contributed by atoms with E-state index in [9.17, 15) is 15.0 Å². The second kappa shape index (κ2) is 13.3. The Morgan fingerprint density at radius 1 is 1.21 bits per heavy atom. The molecule has 0 bridgehead atoms. The number of phenolic OH excluding ortho intramolecular Hbond substituents is 2. The highest BCUT2D eigenvalue weighted by atomic mass is 127. The van der Waals surface area contributed by atoms with Gasteiger partial charge in [-0.05, 0) is 65.2 Å². The Bertz CT molecular complexity index is 1350. The van der Waals surface area contributed by atoms with Crippen LogP contribution < -0.4 is 39.8 Å². The number of nitrogens with one attached hydrogen (secondary N) is 1. The molecule has 0 radical (unpaired) electrons. The van der Waals surface area contributed by atoms with Gasteiger partial charge in [0.1, 0.15) is 11.5 Å². The zero-order valence-corrected chi connectivity index (χ0v) is 26.3. The summed E-state index contributed by atoms with van der Waals surface area (Å²) in [7, 11) is 3.96. The highest BCUT2D eigenvalue weighted by Gasteiger charge is 2.34. The highest BCUT2D eigenvalue weighted by Crippen LogP contribution is 2.49. The summed E-state index contributed by atoms with van der Waals surface area (Å²) in [4.78, 5) is 14.4. The third-order valence-corrected chi connectivity index (χ3v) is 8.43. The van der Waals surface area contributed by atoms with Crippen molar-refractivity contribution >= 4 is 34.1 Å². The van der Waals surface area contributed by atoms with E-state index in [1.807, 2.05) is 6.07 Å². The molecule has 3 aromatic carbocycles. The van der Waals surface area contributed by atoms with Gasteiger partial charge in [0.15, 0.2) is 11.5 Å². The Hall–Kier alpha value is -2.34. The molecule has 1 amide bonds. The number of aromatic hydroxyl groups is 2. The van der Waals surface area contributed by atoms with E-state index in [0.717, 1.165) is 41.8 Å². The summed E-state index contributed by atoms with van der Waals surface area (Å²) in [6, 6.07) is 13.3. The molecule has 210 valence electrons. The van der Waals surface area contributed by atoms with Crippen molar-refractivity contribution in [3.05, 3.63) is 69.7 Å². The minimum atomic E-state index is -0.195. The Kier molecular flexibility index (Phi) is 10.7. The van der Waals surface area contributed by atoms with Crippen LogP contribution in [0.15, 0.2) is 42.5 Å². The molecular weight excluding hydrogens is 649 g/mol. The van der Waals surface area contributed by atoms with Gasteiger partial charge >= 0.3 is 0 Å². The van der Waals surface area contributed by atoms with Crippen LogP contribution in [0.5, 0.6) is 17.2 Å². The van der Waals surface area contributed by atoms with Crippen LogP contribution in [0.4, 0.5) is 5.69 Å². The number of rotatable bonds is 5. The zero-order chi connectivity index (χ0) is 27.6. The lowest BCUT2D eigenvalue weighted by molar-refractivity contribution is -0.0000183. The van der Waals surface area contributed by atoms with Crippen LogP contribution in [0.3, 0.4) is 0 Å². The molecule has 3 aromatic rings. The summed E-state index contributed by atoms with van der Waals surface area (Å²) < 4.78 is 5.13. The zero-order valence-electron chi connectivity index (χ0n) is 22.6. The fourth-order valence-corrected chi connectivity index (χ4v) is 5.73. The average Bonchev–Trinajstić information content (AvgIpc) is 2.89. The summed E-state index contributed by atoms with van der Waals surface area (Å²) in [6.45, 7) is 1.71. The first-order valence-electron chi connectivity index (χ1n) is 12.4. The summed E-state index contributed by atoms with van der Waals surface area (Å²) in [5, 5.41) is 23.3. The monoisotopic (exact) mass is 683 g/mol. The van der Waals surface area contributed by atoms with Crippen LogP contribution in [0.1, 0.15) is 33.1 Å². The van der Waals surface area contributed by atoms with Crippen LogP contribution in [-0.4, -0.2) is 66.5 Å². The first-order valence-corrected chi connectivity index (χ1v) is 15.0. The number of halogens is 2. The van der Waals surface area contributed by atoms with Crippen molar-refractivity contribution in [2.24, 2.45) is 0 Å². The molecular formula is C29H35ClIN3O4S. The quantitative estimate of drug-likeness (QED) is 0.140. The smallest absolute Gasteiger partial charge is 0.255 e. The summed E-state index contributed by atoms with van der Waals surface area (Å²) in [5.74, 6) is 1.17. The number of hydrogen-bond acceptors (Lipinski definition) is 6. The third-order valence-electron chi connectivity index (χ3n) is 7.08. The Morgan fingerprint density at radius 2 is 1.95 bits per heavy atom. The topological polar surface area (TPSA) is 108 Å². The van der Waals surface area contributed by atoms with Gasteiger partial charge in [0, 0.05) is 24.2 Å². The van der Waals surface area contributed by atoms with Crippen molar-refractivity contribution in [3.63, 3.8) is 0 Å². The van der Waals surface area contributed by atoms with Gasteiger partial charge in [-0.25, -0.2) is 0 Å². The van der Waals surface area contributed by atoms with Crippen molar-refractivity contribution in [3.8, 4) is 28.4 Å². The Labute approximate surface area is 255 Å². The van der Waals surface area contributed by atoms with Gasteiger partial charge in [0.05, 0.1) is 42.4 Å². The number of ether oxygens (including phenoxy) is 1. The normalized spacial score (nSPS) is 15.3. The number of carbonyl (C=O) groups excluding carboxylic acids is 1. The molecule has 0 saturated heterocycles. The fraction of sp³-hybridized carbons (Fsp3) is 0.345. The number of benzene rings is 3. The molecule has 10 heteroatoms. The summed E-state index contributed by atoms with van der Waals surface area (Å²) in [6.07, 6.45) is 6.20. The molecule has 5 rings (SSSR count). The number of methoxy groups -OCH3 is 1. The first-order chi connectivity index (χ1) is 18.1. The molecule has 1 aliphatic heterocycles. The summed E-state index contributed by atoms with van der Waals surface area (Å²) >= 11 is 5.91. The predicted molar refractivity (Wildman–Crippen MR) is 157 cm³/mol. The van der Waals surface area contributed by atoms with Crippen molar-refractivity contribution in [2.45, 2.75) is 18.9 Å². The van der Waals surface area contributed by atoms with Crippen LogP contribution in [0, 0.1) is 0 Å². The van der Waals surface area contributed by atoms with Crippen LogP contribution in [0.2, 0.25) is 5.02 Å². The maximum absolute atomic E-state index is 12.0. The van der Waals surface area contributed by atoms with Crippen LogP contribution in [-0.2, 0) is 23.7 Å². The van der Waals surface area contributed by atoms with Gasteiger partial charge in [0.2, 0.25) is 0 Å². The lowest BCUT2D eigenvalue weighted by atomic mass is 9.77. The van der Waals surface area contributed by atoms with Crippen molar-refractivity contribution < 1.29 is 43.7 Å². The van der Waals surface area contributed by atoms with Crippen molar-refractivity contribution in [1.29, 1.82) is 0 Å². The van der Waals surface area contributed by atoms with E-state index < -0.39 is 0 Å². The SMILES string of the molecule is CN1CCc2cccc3c2[C@H]1Cc1ccc(O)c(O)c1-3.COc1cc(N)c(Cl)cc1C(=O)NCC[S+](C)C.[I-]. The Morgan fingerprint density at radius 3 is 2.64 bits per heavy atom. The largest absolute Gasteiger partial charge is 1.00 e. The molecule has 1 aliphatic carbocycles. The van der Waals surface area contributed by atoms with Crippen LogP contribution in [0.25, 0.3) is 11.1 Å². The number of phenols is 2. The molecule has 0 aromatic heterocycles. The number of nitrogens with zero attached hydrogens (tertiary/aromatic N) is 1. The van der Waals surface area contributed by atoms with E-state index in [4.69, 9.17) is 22.1 Å². The molecule has 5 N–H and O–H groups in total. The lowest BCUT2D eigenvalue weighted by Crippen LogP contribution is -3.00. The average molecular weight is 684 g/mol. The van der Waals surface area contributed by atoms with Gasteiger partial charge < -0.3 is 50.0 Å². The lowest BCUT2D eigenvalue weighted by Gasteiger charge is -2.39. The number of carbonyl (C=O) groups is 1. The standard InChI is InChI=1S/C17H17NO2.C12H17ClN2O2S.HI/c1-18-8-7-10-3-2-4-12-15(10)13(18)9-11-5-6-14(19)17(20)16(11)12;1-17-11-7-10(14)9(13)6-8(11)12(16)15-4-5-18(2)3;/h2-6,13,19-20H,7-9H2,1H3;6-7H,4-5H2,1-3H3,(H2-,14,15,16);1H/t13-;;/m1../s1. The van der Waals surface area contributed by atoms with Gasteiger partial charge in [-0.1, -0.05) is 35.9 Å². The molecule has 0 unspecified atom stereocenters. The number of amides is 1. The van der Waals surface area contributed by atoms with Crippen molar-refractivity contribution in [2.75, 3.05) is 51.2 Å². The first kappa shape index (κ1) is 31.2. The fourth-order valence-electron chi connectivity index (χ4n) is 5.05. The number of nitrogens with two attached hydrogens (primary N) is 1. The van der Waals surface area contributed by atoms with E-state index in [2.05, 4.69) is 48.0 Å². The maximum Gasteiger partial charge on any atom is 0.255 e. The maximum atomic E-state index is 12.0. The number of anilines is 1. The molecule has 2 aliphatic rings. The molecule has 1 atom stereocenters. The van der Waals surface area contributed by atoms with E-state index >= 15 is 0 Å². The van der Waals surface area contributed by atoms with Gasteiger partial charge in [-0.3, -0.25) is 9.69 Å². The third kappa shape index (κ3) is 6.70. The predicted octanol–water partition coefficient (Wildman–Crippen LogP) is 1.39. The van der Waals surface area contributed by atoms with Gasteiger partial charge in [0.25, 0.3) is 5.91 Å². The number of hydrogen-bond donors (Lipinski definition) is 4. The molecule has 0 spiro atoms. The second-order valence-corrected chi connectivity index (χ2v) is 12.6. The van der Waals surface area contributed by atoms with Gasteiger partial charge in [-0.2, -0.15) is 0 Å². The van der Waals surface area contributed by atoms with E-state index in [1.54, 1.807) is 12.1 Å². The van der Waals surface area contributed by atoms with Gasteiger partial charge in [-0.15, -0.1) is 0 Å². The highest BCUT2D eigenvalue weighted by molar-refractivity contribution is 7.95. The summed E-state index contributed by atoms with van der Waals surface area (Å²) in [5.41, 5.74) is 12.2. The number of nitrogen functional groups attached to an aromatic ring is 1. The van der Waals surface area contributed by atoms with Crippen LogP contribution >= 0.6 is 11.6 Å². The molecule has 39 heavy (non-hydrogen) atoms. The van der Waals surface area contributed by atoms with E-state index in [1.165, 1.54) is 24.3 Å². The number of fused-ring (bicyclic) bond motifs is 2.